The van der Waals surface area contributed by atoms with Crippen molar-refractivity contribution in [3.63, 3.8) is 0 Å². The van der Waals surface area contributed by atoms with Gasteiger partial charge in [-0.15, -0.1) is 0 Å². The summed E-state index contributed by atoms with van der Waals surface area (Å²) < 4.78 is 7.16. The highest BCUT2D eigenvalue weighted by Crippen LogP contribution is 2.25. The number of pyridine rings is 1. The van der Waals surface area contributed by atoms with E-state index in [1.54, 1.807) is 0 Å². The lowest BCUT2D eigenvalue weighted by Gasteiger charge is -2.13. The van der Waals surface area contributed by atoms with Gasteiger partial charge in [-0.25, -0.2) is 4.98 Å². The third-order valence-corrected chi connectivity index (χ3v) is 5.49. The van der Waals surface area contributed by atoms with E-state index in [2.05, 4.69) is 30.3 Å². The van der Waals surface area contributed by atoms with Crippen LogP contribution in [0.25, 0.3) is 16.7 Å². The second kappa shape index (κ2) is 9.13. The van der Waals surface area contributed by atoms with Crippen molar-refractivity contribution in [2.24, 2.45) is 0 Å². The quantitative estimate of drug-likeness (QED) is 0.454. The topological polar surface area (TPSA) is 92.8 Å². The van der Waals surface area contributed by atoms with Crippen LogP contribution in [0.3, 0.4) is 0 Å². The summed E-state index contributed by atoms with van der Waals surface area (Å²) >= 11 is 0. The molecule has 2 aromatic carbocycles. The van der Waals surface area contributed by atoms with Crippen LogP contribution in [-0.4, -0.2) is 27.3 Å². The highest BCUT2D eigenvalue weighted by atomic mass is 16.5. The van der Waals surface area contributed by atoms with Gasteiger partial charge in [0.05, 0.1) is 11.7 Å². The van der Waals surface area contributed by atoms with E-state index >= 15 is 0 Å². The molecule has 0 unspecified atom stereocenters. The van der Waals surface area contributed by atoms with E-state index in [1.807, 2.05) is 62.4 Å². The number of aromatic nitrogens is 3. The van der Waals surface area contributed by atoms with Gasteiger partial charge in [0, 0.05) is 5.39 Å². The number of nitrogens with zero attached hydrogens (tertiary/aromatic N) is 4. The highest BCUT2D eigenvalue weighted by molar-refractivity contribution is 5.92. The molecule has 2 aromatic heterocycles. The zero-order valence-electron chi connectivity index (χ0n) is 19.1. The van der Waals surface area contributed by atoms with E-state index in [1.165, 1.54) is 10.9 Å². The maximum Gasteiger partial charge on any atom is 0.263 e. The third kappa shape index (κ3) is 4.55. The molecule has 0 atom stereocenters. The van der Waals surface area contributed by atoms with E-state index < -0.39 is 5.91 Å². The van der Waals surface area contributed by atoms with Crippen molar-refractivity contribution in [3.8, 4) is 17.6 Å². The molecule has 0 fully saturated rings. The Morgan fingerprint density at radius 2 is 1.94 bits per heavy atom. The number of carbonyl (C=O) groups is 1. The molecule has 0 spiro atoms. The van der Waals surface area contributed by atoms with Crippen molar-refractivity contribution in [2.45, 2.75) is 33.6 Å². The number of amides is 1. The molecule has 166 valence electrons. The first kappa shape index (κ1) is 22.0. The van der Waals surface area contributed by atoms with Crippen molar-refractivity contribution in [2.75, 3.05) is 11.9 Å². The minimum atomic E-state index is -0.392. The van der Waals surface area contributed by atoms with Gasteiger partial charge in [0.25, 0.3) is 5.91 Å². The first-order valence-corrected chi connectivity index (χ1v) is 10.8. The zero-order chi connectivity index (χ0) is 23.5. The average molecular weight is 440 g/mol. The number of aryl methyl sites for hydroxylation is 2. The number of fused-ring (bicyclic) bond motifs is 1. The van der Waals surface area contributed by atoms with Crippen LogP contribution in [0.1, 0.15) is 42.0 Å². The molecule has 1 N–H and O–H groups in total. The Balaban J connectivity index is 1.60. The molecule has 7 heteroatoms. The molecule has 4 aromatic rings. The summed E-state index contributed by atoms with van der Waals surface area (Å²) in [7, 11) is 0. The van der Waals surface area contributed by atoms with E-state index in [-0.39, 0.29) is 18.0 Å². The monoisotopic (exact) mass is 439 g/mol. The Hall–Kier alpha value is -4.18. The van der Waals surface area contributed by atoms with Crippen molar-refractivity contribution in [3.05, 3.63) is 77.0 Å². The van der Waals surface area contributed by atoms with Crippen molar-refractivity contribution >= 4 is 22.6 Å². The van der Waals surface area contributed by atoms with E-state index in [0.717, 1.165) is 27.6 Å². The lowest BCUT2D eigenvalue weighted by atomic mass is 10.0. The lowest BCUT2D eigenvalue weighted by Crippen LogP contribution is -2.22. The van der Waals surface area contributed by atoms with Crippen LogP contribution >= 0.6 is 0 Å². The predicted octanol–water partition coefficient (Wildman–Crippen LogP) is 5.05. The number of hydrogen-bond donors (Lipinski definition) is 1. The fourth-order valence-electron chi connectivity index (χ4n) is 3.66. The van der Waals surface area contributed by atoms with Gasteiger partial charge in [-0.2, -0.15) is 15.0 Å². The number of anilines is 1. The van der Waals surface area contributed by atoms with Gasteiger partial charge in [-0.1, -0.05) is 44.2 Å². The maximum absolute atomic E-state index is 12.7. The van der Waals surface area contributed by atoms with Gasteiger partial charge in [0.15, 0.2) is 18.2 Å². The molecule has 0 saturated carbocycles. The molecule has 2 heterocycles. The number of benzene rings is 2. The molecule has 1 amide bonds. The number of ether oxygens (including phenoxy) is 1. The van der Waals surface area contributed by atoms with E-state index in [9.17, 15) is 10.1 Å². The largest absolute Gasteiger partial charge is 0.484 e. The second-order valence-corrected chi connectivity index (χ2v) is 8.26. The van der Waals surface area contributed by atoms with Gasteiger partial charge in [-0.3, -0.25) is 4.79 Å². The molecule has 33 heavy (non-hydrogen) atoms. The van der Waals surface area contributed by atoms with Crippen LogP contribution in [-0.2, 0) is 4.79 Å². The van der Waals surface area contributed by atoms with Crippen LogP contribution in [0.2, 0.25) is 0 Å². The first-order chi connectivity index (χ1) is 15.9. The lowest BCUT2D eigenvalue weighted by molar-refractivity contribution is -0.118. The Labute approximate surface area is 192 Å². The Morgan fingerprint density at radius 1 is 1.15 bits per heavy atom. The molecule has 0 aliphatic rings. The summed E-state index contributed by atoms with van der Waals surface area (Å²) in [6.45, 7) is 8.00. The molecular weight excluding hydrogens is 414 g/mol. The fourth-order valence-corrected chi connectivity index (χ4v) is 3.66. The van der Waals surface area contributed by atoms with Crippen LogP contribution in [0.5, 0.6) is 5.75 Å². The molecule has 7 nitrogen and oxygen atoms in total. The summed E-state index contributed by atoms with van der Waals surface area (Å²) in [5, 5.41) is 17.7. The maximum atomic E-state index is 12.7. The summed E-state index contributed by atoms with van der Waals surface area (Å²) in [4.78, 5) is 17.4. The molecular formula is C26H25N5O2. The van der Waals surface area contributed by atoms with Crippen LogP contribution in [0.15, 0.2) is 54.7 Å². The molecule has 4 rings (SSSR count). The third-order valence-electron chi connectivity index (χ3n) is 5.49. The van der Waals surface area contributed by atoms with Crippen LogP contribution in [0, 0.1) is 25.2 Å². The summed E-state index contributed by atoms with van der Waals surface area (Å²) in [6.07, 6.45) is 1.42. The minimum absolute atomic E-state index is 0.194. The van der Waals surface area contributed by atoms with Crippen molar-refractivity contribution < 1.29 is 9.53 Å². The Bertz CT molecular complexity index is 1380. The Morgan fingerprint density at radius 3 is 2.70 bits per heavy atom. The summed E-state index contributed by atoms with van der Waals surface area (Å²) in [5.74, 6) is 1.37. The minimum Gasteiger partial charge on any atom is -0.484 e. The number of nitriles is 1. The van der Waals surface area contributed by atoms with Gasteiger partial charge < -0.3 is 10.1 Å². The van der Waals surface area contributed by atoms with Crippen LogP contribution in [0.4, 0.5) is 5.82 Å². The molecule has 0 aliphatic carbocycles. The van der Waals surface area contributed by atoms with Gasteiger partial charge in [0.1, 0.15) is 17.4 Å². The molecule has 0 radical (unpaired) electrons. The zero-order valence-corrected chi connectivity index (χ0v) is 19.1. The molecule has 0 aliphatic heterocycles. The number of carbonyl (C=O) groups excluding carboxylic acids is 1. The Kier molecular flexibility index (Phi) is 6.09. The number of nitrogens with one attached hydrogen (secondary N) is 1. The van der Waals surface area contributed by atoms with Gasteiger partial charge >= 0.3 is 0 Å². The normalized spacial score (nSPS) is 10.9. The van der Waals surface area contributed by atoms with Gasteiger partial charge in [0.2, 0.25) is 0 Å². The second-order valence-electron chi connectivity index (χ2n) is 8.26. The van der Waals surface area contributed by atoms with E-state index in [0.29, 0.717) is 17.5 Å². The predicted molar refractivity (Wildman–Crippen MR) is 128 cm³/mol. The van der Waals surface area contributed by atoms with Crippen molar-refractivity contribution in [1.29, 1.82) is 5.26 Å². The number of rotatable bonds is 6. The van der Waals surface area contributed by atoms with E-state index in [4.69, 9.17) is 9.72 Å². The molecule has 0 saturated heterocycles. The van der Waals surface area contributed by atoms with Crippen LogP contribution < -0.4 is 10.1 Å². The van der Waals surface area contributed by atoms with Crippen molar-refractivity contribution in [1.82, 2.24) is 14.8 Å². The van der Waals surface area contributed by atoms with Gasteiger partial charge in [-0.05, 0) is 54.7 Å². The highest BCUT2D eigenvalue weighted by Gasteiger charge is 2.18. The fraction of sp³-hybridized carbons (Fsp3) is 0.231. The standard InChI is InChI=1S/C26H25N5O2/c1-16(2)19-8-6-9-21(12-19)33-15-24(32)30-26-20(13-27)14-28-31(26)23-11-18(4)22-10-5-7-17(3)25(22)29-23/h5-12,14,16H,15H2,1-4H3,(H,30,32). The average Bonchev–Trinajstić information content (AvgIpc) is 3.21. The number of para-hydroxylation sites is 1. The smallest absolute Gasteiger partial charge is 0.263 e. The molecule has 0 bridgehead atoms. The first-order valence-electron chi connectivity index (χ1n) is 10.8. The summed E-state index contributed by atoms with van der Waals surface area (Å²) in [5.41, 5.74) is 4.29. The number of hydrogen-bond acceptors (Lipinski definition) is 5. The summed E-state index contributed by atoms with van der Waals surface area (Å²) in [6, 6.07) is 17.6. The SMILES string of the molecule is Cc1cc(-n2ncc(C#N)c2NC(=O)COc2cccc(C(C)C)c2)nc2c(C)cccc12.